The van der Waals surface area contributed by atoms with Crippen LogP contribution in [0.1, 0.15) is 25.0 Å². The Morgan fingerprint density at radius 2 is 2.43 bits per heavy atom. The van der Waals surface area contributed by atoms with Crippen molar-refractivity contribution in [3.63, 3.8) is 0 Å². The molecule has 3 heterocycles. The molecular weight excluding hydrogens is 308 g/mol. The minimum atomic E-state index is -0.0571. The fraction of sp³-hybridized carbons (Fsp3) is 0.462. The van der Waals surface area contributed by atoms with E-state index in [0.717, 1.165) is 41.0 Å². The summed E-state index contributed by atoms with van der Waals surface area (Å²) in [7, 11) is 0. The Morgan fingerprint density at radius 3 is 3.29 bits per heavy atom. The first kappa shape index (κ1) is 14.4. The maximum absolute atomic E-state index is 11.9. The van der Waals surface area contributed by atoms with Gasteiger partial charge in [-0.2, -0.15) is 0 Å². The van der Waals surface area contributed by atoms with E-state index in [2.05, 4.69) is 20.8 Å². The van der Waals surface area contributed by atoms with E-state index in [1.54, 1.807) is 6.26 Å². The summed E-state index contributed by atoms with van der Waals surface area (Å²) in [5.41, 5.74) is 0. The third-order valence-corrected chi connectivity index (χ3v) is 5.36. The van der Waals surface area contributed by atoms with E-state index >= 15 is 0 Å². The first-order valence-corrected chi connectivity index (χ1v) is 8.55. The third-order valence-electron chi connectivity index (χ3n) is 3.13. The van der Waals surface area contributed by atoms with Gasteiger partial charge in [-0.15, -0.1) is 10.2 Å². The SMILES string of the molecule is O=C1NCCCC[C@H]1Sc1nnc(NCc2ccco2)s1. The molecule has 0 aliphatic carbocycles. The minimum Gasteiger partial charge on any atom is -0.467 e. The fourth-order valence-corrected chi connectivity index (χ4v) is 4.11. The van der Waals surface area contributed by atoms with E-state index in [9.17, 15) is 4.79 Å². The first-order chi connectivity index (χ1) is 10.3. The molecule has 0 bridgehead atoms. The van der Waals surface area contributed by atoms with Crippen molar-refractivity contribution in [3.8, 4) is 0 Å². The second-order valence-corrected chi connectivity index (χ2v) is 7.13. The average Bonchev–Trinajstić information content (AvgIpc) is 3.10. The van der Waals surface area contributed by atoms with Gasteiger partial charge in [0.2, 0.25) is 11.0 Å². The van der Waals surface area contributed by atoms with Gasteiger partial charge in [-0.1, -0.05) is 29.5 Å². The number of nitrogens with one attached hydrogen (secondary N) is 2. The lowest BCUT2D eigenvalue weighted by Crippen LogP contribution is -2.30. The fourth-order valence-electron chi connectivity index (χ4n) is 2.05. The van der Waals surface area contributed by atoms with Crippen LogP contribution in [0.4, 0.5) is 5.13 Å². The van der Waals surface area contributed by atoms with Gasteiger partial charge in [-0.25, -0.2) is 0 Å². The zero-order valence-corrected chi connectivity index (χ0v) is 13.0. The number of nitrogens with zero attached hydrogens (tertiary/aromatic N) is 2. The molecule has 1 saturated heterocycles. The van der Waals surface area contributed by atoms with Gasteiger partial charge in [-0.05, 0) is 25.0 Å². The zero-order valence-electron chi connectivity index (χ0n) is 11.4. The second kappa shape index (κ2) is 6.95. The number of amides is 1. The zero-order chi connectivity index (χ0) is 14.5. The lowest BCUT2D eigenvalue weighted by atomic mass is 10.2. The molecule has 0 saturated carbocycles. The molecule has 1 aliphatic heterocycles. The molecule has 1 atom stereocenters. The van der Waals surface area contributed by atoms with E-state index in [0.29, 0.717) is 6.54 Å². The third kappa shape index (κ3) is 3.98. The highest BCUT2D eigenvalue weighted by atomic mass is 32.2. The number of rotatable bonds is 5. The van der Waals surface area contributed by atoms with Crippen molar-refractivity contribution in [2.75, 3.05) is 11.9 Å². The lowest BCUT2D eigenvalue weighted by molar-refractivity contribution is -0.120. The molecule has 1 aliphatic rings. The molecule has 0 unspecified atom stereocenters. The van der Waals surface area contributed by atoms with Crippen LogP contribution in [0, 0.1) is 0 Å². The highest BCUT2D eigenvalue weighted by Gasteiger charge is 2.23. The van der Waals surface area contributed by atoms with Gasteiger partial charge in [-0.3, -0.25) is 4.79 Å². The van der Waals surface area contributed by atoms with Gasteiger partial charge >= 0.3 is 0 Å². The van der Waals surface area contributed by atoms with E-state index in [-0.39, 0.29) is 11.2 Å². The van der Waals surface area contributed by atoms with Crippen LogP contribution in [0.25, 0.3) is 0 Å². The number of carbonyl (C=O) groups is 1. The van der Waals surface area contributed by atoms with Crippen LogP contribution in [0.5, 0.6) is 0 Å². The van der Waals surface area contributed by atoms with E-state index in [1.165, 1.54) is 23.1 Å². The quantitative estimate of drug-likeness (QED) is 0.879. The van der Waals surface area contributed by atoms with Gasteiger partial charge in [0.15, 0.2) is 4.34 Å². The average molecular weight is 324 g/mol. The molecule has 1 fully saturated rings. The topological polar surface area (TPSA) is 80.0 Å². The number of hydrogen-bond donors (Lipinski definition) is 2. The van der Waals surface area contributed by atoms with Gasteiger partial charge < -0.3 is 15.1 Å². The maximum atomic E-state index is 11.9. The monoisotopic (exact) mass is 324 g/mol. The molecule has 6 nitrogen and oxygen atoms in total. The molecule has 0 aromatic carbocycles. The number of hydrogen-bond acceptors (Lipinski definition) is 7. The normalized spacial score (nSPS) is 19.0. The van der Waals surface area contributed by atoms with Crippen LogP contribution in [-0.4, -0.2) is 27.9 Å². The summed E-state index contributed by atoms with van der Waals surface area (Å²) in [6.45, 7) is 1.36. The molecule has 112 valence electrons. The second-order valence-electron chi connectivity index (χ2n) is 4.70. The number of anilines is 1. The summed E-state index contributed by atoms with van der Waals surface area (Å²) in [4.78, 5) is 11.9. The van der Waals surface area contributed by atoms with Crippen molar-refractivity contribution in [1.82, 2.24) is 15.5 Å². The molecule has 21 heavy (non-hydrogen) atoms. The van der Waals surface area contributed by atoms with Crippen molar-refractivity contribution >= 4 is 34.1 Å². The van der Waals surface area contributed by atoms with Gasteiger partial charge in [0, 0.05) is 6.54 Å². The van der Waals surface area contributed by atoms with Crippen molar-refractivity contribution in [3.05, 3.63) is 24.2 Å². The Labute approximate surface area is 130 Å². The van der Waals surface area contributed by atoms with Gasteiger partial charge in [0.25, 0.3) is 0 Å². The number of carbonyl (C=O) groups excluding carboxylic acids is 1. The van der Waals surface area contributed by atoms with Crippen molar-refractivity contribution in [1.29, 1.82) is 0 Å². The van der Waals surface area contributed by atoms with Crippen molar-refractivity contribution in [2.24, 2.45) is 0 Å². The minimum absolute atomic E-state index is 0.0571. The van der Waals surface area contributed by atoms with Crippen LogP contribution in [-0.2, 0) is 11.3 Å². The smallest absolute Gasteiger partial charge is 0.233 e. The molecule has 2 aromatic rings. The summed E-state index contributed by atoms with van der Waals surface area (Å²) >= 11 is 2.96. The molecule has 0 radical (unpaired) electrons. The molecule has 3 rings (SSSR count). The molecule has 1 amide bonds. The Kier molecular flexibility index (Phi) is 4.76. The maximum Gasteiger partial charge on any atom is 0.233 e. The Bertz CT molecular complexity index is 585. The first-order valence-electron chi connectivity index (χ1n) is 6.85. The van der Waals surface area contributed by atoms with Crippen LogP contribution in [0.2, 0.25) is 0 Å². The van der Waals surface area contributed by atoms with Crippen LogP contribution < -0.4 is 10.6 Å². The molecule has 2 N–H and O–H groups in total. The van der Waals surface area contributed by atoms with Crippen LogP contribution in [0.15, 0.2) is 27.2 Å². The summed E-state index contributed by atoms with van der Waals surface area (Å²) in [5, 5.41) is 15.0. The highest BCUT2D eigenvalue weighted by Crippen LogP contribution is 2.32. The summed E-state index contributed by atoms with van der Waals surface area (Å²) in [6.07, 6.45) is 4.65. The highest BCUT2D eigenvalue weighted by molar-refractivity contribution is 8.02. The standard InChI is InChI=1S/C13H16N4O2S2/c18-11-10(5-1-2-6-14-11)20-13-17-16-12(21-13)15-8-9-4-3-7-19-9/h3-4,7,10H,1-2,5-6,8H2,(H,14,18)(H,15,16)/t10-/m1/s1. The van der Waals surface area contributed by atoms with E-state index in [1.807, 2.05) is 12.1 Å². The van der Waals surface area contributed by atoms with Gasteiger partial charge in [0.05, 0.1) is 18.1 Å². The van der Waals surface area contributed by atoms with Crippen LogP contribution in [0.3, 0.4) is 0 Å². The lowest BCUT2D eigenvalue weighted by Gasteiger charge is -2.09. The Morgan fingerprint density at radius 1 is 1.48 bits per heavy atom. The summed E-state index contributed by atoms with van der Waals surface area (Å²) < 4.78 is 6.07. The predicted octanol–water partition coefficient (Wildman–Crippen LogP) is 2.50. The number of furan rings is 1. The van der Waals surface area contributed by atoms with Crippen molar-refractivity contribution in [2.45, 2.75) is 35.4 Å². The van der Waals surface area contributed by atoms with Crippen LogP contribution >= 0.6 is 23.1 Å². The molecule has 8 heteroatoms. The Hall–Kier alpha value is -1.54. The summed E-state index contributed by atoms with van der Waals surface area (Å²) in [5.74, 6) is 0.959. The summed E-state index contributed by atoms with van der Waals surface area (Å²) in [6, 6.07) is 3.75. The molecule has 2 aromatic heterocycles. The molecular formula is C13H16N4O2S2. The molecule has 0 spiro atoms. The van der Waals surface area contributed by atoms with E-state index < -0.39 is 0 Å². The van der Waals surface area contributed by atoms with Crippen molar-refractivity contribution < 1.29 is 9.21 Å². The predicted molar refractivity (Wildman–Crippen MR) is 82.4 cm³/mol. The van der Waals surface area contributed by atoms with Gasteiger partial charge in [0.1, 0.15) is 5.76 Å². The van der Waals surface area contributed by atoms with E-state index in [4.69, 9.17) is 4.42 Å². The number of thioether (sulfide) groups is 1. The Balaban J connectivity index is 1.55. The number of aromatic nitrogens is 2. The largest absolute Gasteiger partial charge is 0.467 e.